The first-order valence-electron chi connectivity index (χ1n) is 8.39. The van der Waals surface area contributed by atoms with Gasteiger partial charge in [0.2, 0.25) is 0 Å². The van der Waals surface area contributed by atoms with Crippen LogP contribution in [0.15, 0.2) is 24.3 Å². The smallest absolute Gasteiger partial charge is 0.0238 e. The third-order valence-corrected chi connectivity index (χ3v) is 5.07. The molecule has 1 aliphatic heterocycles. The van der Waals surface area contributed by atoms with Crippen LogP contribution in [0.2, 0.25) is 0 Å². The first-order chi connectivity index (χ1) is 9.87. The molecule has 2 heteroatoms. The SMILES string of the molecule is c1ccc2c(c1)CNC(CN(CC1CC1)CC1CC1)C2. The maximum atomic E-state index is 3.75. The number of hydrogen-bond donors (Lipinski definition) is 1. The summed E-state index contributed by atoms with van der Waals surface area (Å²) in [5.74, 6) is 2.04. The first-order valence-corrected chi connectivity index (χ1v) is 8.39. The van der Waals surface area contributed by atoms with E-state index in [9.17, 15) is 0 Å². The predicted molar refractivity (Wildman–Crippen MR) is 82.7 cm³/mol. The fourth-order valence-electron chi connectivity index (χ4n) is 3.52. The third kappa shape index (κ3) is 3.24. The van der Waals surface area contributed by atoms with Crippen molar-refractivity contribution in [2.24, 2.45) is 11.8 Å². The second-order valence-electron chi connectivity index (χ2n) is 7.16. The van der Waals surface area contributed by atoms with Gasteiger partial charge in [-0.2, -0.15) is 0 Å². The van der Waals surface area contributed by atoms with Crippen LogP contribution >= 0.6 is 0 Å². The van der Waals surface area contributed by atoms with Crippen molar-refractivity contribution >= 4 is 0 Å². The summed E-state index contributed by atoms with van der Waals surface area (Å²) in [6.07, 6.45) is 7.11. The van der Waals surface area contributed by atoms with Gasteiger partial charge in [0.15, 0.2) is 0 Å². The molecular weight excluding hydrogens is 244 g/mol. The Balaban J connectivity index is 1.36. The van der Waals surface area contributed by atoms with E-state index in [0.717, 1.165) is 18.4 Å². The molecule has 0 spiro atoms. The number of fused-ring (bicyclic) bond motifs is 1. The summed E-state index contributed by atoms with van der Waals surface area (Å²) in [4.78, 5) is 2.76. The second-order valence-corrected chi connectivity index (χ2v) is 7.16. The molecule has 1 aromatic carbocycles. The van der Waals surface area contributed by atoms with Crippen molar-refractivity contribution in [2.75, 3.05) is 19.6 Å². The quantitative estimate of drug-likeness (QED) is 0.855. The Morgan fingerprint density at radius 2 is 1.55 bits per heavy atom. The van der Waals surface area contributed by atoms with E-state index >= 15 is 0 Å². The van der Waals surface area contributed by atoms with Gasteiger partial charge in [-0.15, -0.1) is 0 Å². The van der Waals surface area contributed by atoms with Crippen LogP contribution in [0.5, 0.6) is 0 Å². The van der Waals surface area contributed by atoms with Crippen molar-refractivity contribution in [2.45, 2.75) is 44.7 Å². The average Bonchev–Trinajstić information content (AvgIpc) is 3.35. The van der Waals surface area contributed by atoms with Crippen molar-refractivity contribution in [3.63, 3.8) is 0 Å². The summed E-state index contributed by atoms with van der Waals surface area (Å²) in [5.41, 5.74) is 3.06. The van der Waals surface area contributed by atoms with Gasteiger partial charge in [0.05, 0.1) is 0 Å². The number of nitrogens with zero attached hydrogens (tertiary/aromatic N) is 1. The molecular formula is C18H26N2. The molecule has 3 aliphatic rings. The number of benzene rings is 1. The van der Waals surface area contributed by atoms with E-state index in [2.05, 4.69) is 34.5 Å². The molecule has 0 radical (unpaired) electrons. The van der Waals surface area contributed by atoms with Crippen molar-refractivity contribution in [1.29, 1.82) is 0 Å². The molecule has 2 fully saturated rings. The van der Waals surface area contributed by atoms with Gasteiger partial charge in [-0.1, -0.05) is 24.3 Å². The Labute approximate surface area is 122 Å². The zero-order valence-corrected chi connectivity index (χ0v) is 12.4. The van der Waals surface area contributed by atoms with E-state index in [0.29, 0.717) is 6.04 Å². The van der Waals surface area contributed by atoms with Gasteiger partial charge in [-0.3, -0.25) is 0 Å². The van der Waals surface area contributed by atoms with Crippen molar-refractivity contribution in [3.8, 4) is 0 Å². The van der Waals surface area contributed by atoms with Crippen LogP contribution < -0.4 is 5.32 Å². The Kier molecular flexibility index (Phi) is 3.53. The largest absolute Gasteiger partial charge is 0.308 e. The van der Waals surface area contributed by atoms with Crippen LogP contribution in [-0.2, 0) is 13.0 Å². The maximum Gasteiger partial charge on any atom is 0.0238 e. The molecule has 1 unspecified atom stereocenters. The zero-order chi connectivity index (χ0) is 13.4. The molecule has 2 saturated carbocycles. The van der Waals surface area contributed by atoms with E-state index in [1.807, 2.05) is 0 Å². The van der Waals surface area contributed by atoms with E-state index < -0.39 is 0 Å². The minimum absolute atomic E-state index is 0.655. The van der Waals surface area contributed by atoms with Gasteiger partial charge in [0.25, 0.3) is 0 Å². The average molecular weight is 270 g/mol. The molecule has 0 bridgehead atoms. The van der Waals surface area contributed by atoms with Crippen LogP contribution in [-0.4, -0.2) is 30.6 Å². The highest BCUT2D eigenvalue weighted by molar-refractivity contribution is 5.29. The van der Waals surface area contributed by atoms with Gasteiger partial charge in [-0.25, -0.2) is 0 Å². The van der Waals surface area contributed by atoms with Gasteiger partial charge in [0.1, 0.15) is 0 Å². The normalized spacial score (nSPS) is 25.8. The van der Waals surface area contributed by atoms with Crippen molar-refractivity contribution < 1.29 is 0 Å². The lowest BCUT2D eigenvalue weighted by Gasteiger charge is -2.32. The molecule has 1 heterocycles. The van der Waals surface area contributed by atoms with Crippen LogP contribution in [0.4, 0.5) is 0 Å². The molecule has 20 heavy (non-hydrogen) atoms. The number of hydrogen-bond acceptors (Lipinski definition) is 2. The molecule has 108 valence electrons. The highest BCUT2D eigenvalue weighted by atomic mass is 15.2. The standard InChI is InChI=1S/C18H26N2/c1-2-4-17-10-19-18(9-16(17)3-1)13-20(11-14-5-6-14)12-15-7-8-15/h1-4,14-15,18-19H,5-13H2. The summed E-state index contributed by atoms with van der Waals surface area (Å²) in [6.45, 7) is 5.02. The van der Waals surface area contributed by atoms with Gasteiger partial charge >= 0.3 is 0 Å². The molecule has 0 aromatic heterocycles. The molecule has 2 nitrogen and oxygen atoms in total. The van der Waals surface area contributed by atoms with Crippen molar-refractivity contribution in [1.82, 2.24) is 10.2 Å². The van der Waals surface area contributed by atoms with Crippen LogP contribution in [0.3, 0.4) is 0 Å². The first kappa shape index (κ1) is 12.8. The Morgan fingerprint density at radius 1 is 0.900 bits per heavy atom. The molecule has 4 rings (SSSR count). The Morgan fingerprint density at radius 3 is 2.20 bits per heavy atom. The lowest BCUT2D eigenvalue weighted by molar-refractivity contribution is 0.219. The second kappa shape index (κ2) is 5.50. The Hall–Kier alpha value is -0.860. The van der Waals surface area contributed by atoms with Gasteiger partial charge in [-0.05, 0) is 55.1 Å². The van der Waals surface area contributed by atoms with Crippen molar-refractivity contribution in [3.05, 3.63) is 35.4 Å². The summed E-state index contributed by atoms with van der Waals surface area (Å²) in [6, 6.07) is 9.59. The van der Waals surface area contributed by atoms with Gasteiger partial charge < -0.3 is 10.2 Å². The van der Waals surface area contributed by atoms with Crippen LogP contribution in [0.25, 0.3) is 0 Å². The molecule has 2 aliphatic carbocycles. The topological polar surface area (TPSA) is 15.3 Å². The fourth-order valence-corrected chi connectivity index (χ4v) is 3.52. The summed E-state index contributed by atoms with van der Waals surface area (Å²) in [7, 11) is 0. The van der Waals surface area contributed by atoms with E-state index in [-0.39, 0.29) is 0 Å². The zero-order valence-electron chi connectivity index (χ0n) is 12.4. The summed E-state index contributed by atoms with van der Waals surface area (Å²) in [5, 5.41) is 3.75. The summed E-state index contributed by atoms with van der Waals surface area (Å²) < 4.78 is 0. The van der Waals surface area contributed by atoms with E-state index in [1.165, 1.54) is 57.3 Å². The molecule has 1 aromatic rings. The predicted octanol–water partition coefficient (Wildman–Crippen LogP) is 2.82. The molecule has 0 amide bonds. The van der Waals surface area contributed by atoms with E-state index in [1.54, 1.807) is 5.56 Å². The highest BCUT2D eigenvalue weighted by Gasteiger charge is 2.30. The monoisotopic (exact) mass is 270 g/mol. The van der Waals surface area contributed by atoms with E-state index in [4.69, 9.17) is 0 Å². The lowest BCUT2D eigenvalue weighted by atomic mass is 9.95. The van der Waals surface area contributed by atoms with Crippen LogP contribution in [0, 0.1) is 11.8 Å². The maximum absolute atomic E-state index is 3.75. The molecule has 1 N–H and O–H groups in total. The Bertz CT molecular complexity index is 448. The molecule has 0 saturated heterocycles. The molecule has 1 atom stereocenters. The van der Waals surface area contributed by atoms with Gasteiger partial charge in [0, 0.05) is 32.2 Å². The lowest BCUT2D eigenvalue weighted by Crippen LogP contribution is -2.45. The minimum Gasteiger partial charge on any atom is -0.308 e. The highest BCUT2D eigenvalue weighted by Crippen LogP contribution is 2.34. The third-order valence-electron chi connectivity index (χ3n) is 5.07. The van der Waals surface area contributed by atoms with Crippen LogP contribution in [0.1, 0.15) is 36.8 Å². The fraction of sp³-hybridized carbons (Fsp3) is 0.667. The minimum atomic E-state index is 0.655. The summed E-state index contributed by atoms with van der Waals surface area (Å²) >= 11 is 0. The number of nitrogens with one attached hydrogen (secondary N) is 1. The number of rotatable bonds is 6.